The summed E-state index contributed by atoms with van der Waals surface area (Å²) in [6, 6.07) is 79.6. The summed E-state index contributed by atoms with van der Waals surface area (Å²) in [5.41, 5.74) is 19.6. The fourth-order valence-electron chi connectivity index (χ4n) is 10.5. The van der Waals surface area contributed by atoms with Crippen LogP contribution in [0.25, 0.3) is 106 Å². The van der Waals surface area contributed by atoms with Crippen molar-refractivity contribution in [2.24, 2.45) is 0 Å². The van der Waals surface area contributed by atoms with Gasteiger partial charge in [-0.05, 0) is 115 Å². The van der Waals surface area contributed by atoms with Crippen LogP contribution in [0, 0.1) is 0 Å². The Balaban J connectivity index is 1.17. The summed E-state index contributed by atoms with van der Waals surface area (Å²) in [5, 5.41) is 0. The highest BCUT2D eigenvalue weighted by molar-refractivity contribution is 6.09. The predicted octanol–water partition coefficient (Wildman–Crippen LogP) is 18.8. The summed E-state index contributed by atoms with van der Waals surface area (Å²) in [4.78, 5) is 15.5. The zero-order valence-corrected chi connectivity index (χ0v) is 41.7. The van der Waals surface area contributed by atoms with Crippen molar-refractivity contribution in [3.8, 4) is 101 Å². The fraction of sp³-hybridized carbons (Fsp3) is 0.0563. The molecule has 0 N–H and O–H groups in total. The van der Waals surface area contributed by atoms with Gasteiger partial charge in [0, 0.05) is 22.1 Å². The highest BCUT2D eigenvalue weighted by atomic mass is 15.0. The van der Waals surface area contributed by atoms with Crippen LogP contribution in [0.4, 0.5) is 0 Å². The van der Waals surface area contributed by atoms with Crippen LogP contribution in [0.15, 0.2) is 280 Å². The summed E-state index contributed by atoms with van der Waals surface area (Å²) >= 11 is 0. The van der Waals surface area contributed by atoms with Crippen molar-refractivity contribution in [2.75, 3.05) is 0 Å². The van der Waals surface area contributed by atoms with Gasteiger partial charge in [-0.25, -0.2) is 15.0 Å². The maximum absolute atomic E-state index is 5.22. The Morgan fingerprint density at radius 3 is 1.30 bits per heavy atom. The first-order chi connectivity index (χ1) is 36.5. The molecule has 0 amide bonds. The van der Waals surface area contributed by atoms with Crippen LogP contribution in [-0.4, -0.2) is 15.0 Å². The molecule has 0 fully saturated rings. The molecule has 0 aliphatic heterocycles. The summed E-state index contributed by atoms with van der Waals surface area (Å²) in [6.45, 7) is 8.78. The molecule has 0 spiro atoms. The Morgan fingerprint density at radius 2 is 0.811 bits per heavy atom. The van der Waals surface area contributed by atoms with Crippen molar-refractivity contribution in [3.63, 3.8) is 0 Å². The quantitative estimate of drug-likeness (QED) is 0.108. The van der Waals surface area contributed by atoms with Gasteiger partial charge in [0.2, 0.25) is 0 Å². The van der Waals surface area contributed by atoms with Gasteiger partial charge in [0.25, 0.3) is 0 Å². The van der Waals surface area contributed by atoms with E-state index in [1.54, 1.807) is 0 Å². The lowest BCUT2D eigenvalue weighted by atomic mass is 9.66. The second-order valence-corrected chi connectivity index (χ2v) is 18.9. The van der Waals surface area contributed by atoms with Crippen molar-refractivity contribution in [3.05, 3.63) is 291 Å². The molecule has 10 aromatic rings. The van der Waals surface area contributed by atoms with Crippen LogP contribution in [0.3, 0.4) is 0 Å². The molecule has 3 nitrogen and oxygen atoms in total. The van der Waals surface area contributed by atoms with Gasteiger partial charge in [-0.15, -0.1) is 0 Å². The van der Waals surface area contributed by atoms with E-state index in [1.165, 1.54) is 27.8 Å². The third kappa shape index (κ3) is 9.47. The summed E-state index contributed by atoms with van der Waals surface area (Å²) in [5.74, 6) is 1.84. The number of allylic oxidation sites excluding steroid dienone is 9. The smallest absolute Gasteiger partial charge is 0.164 e. The monoisotopic (exact) mass is 949 g/mol. The fourth-order valence-corrected chi connectivity index (χ4v) is 10.5. The second-order valence-electron chi connectivity index (χ2n) is 18.9. The molecule has 354 valence electrons. The molecule has 9 aromatic carbocycles. The molecule has 0 bridgehead atoms. The molecule has 3 heteroatoms. The lowest BCUT2D eigenvalue weighted by Crippen LogP contribution is -2.24. The molecular formula is C71H55N3. The van der Waals surface area contributed by atoms with Gasteiger partial charge in [-0.3, -0.25) is 0 Å². The first kappa shape index (κ1) is 47.0. The third-order valence-electron chi connectivity index (χ3n) is 13.9. The highest BCUT2D eigenvalue weighted by Gasteiger charge is 2.36. The van der Waals surface area contributed by atoms with Crippen molar-refractivity contribution < 1.29 is 0 Å². The van der Waals surface area contributed by atoms with Gasteiger partial charge in [0.05, 0.1) is 0 Å². The minimum absolute atomic E-state index is 0.370. The molecule has 1 heterocycles. The number of nitrogens with zero attached hydrogens (tertiary/aromatic N) is 3. The summed E-state index contributed by atoms with van der Waals surface area (Å²) in [6.07, 6.45) is 18.4. The van der Waals surface area contributed by atoms with Crippen LogP contribution in [-0.2, 0) is 5.41 Å². The standard InChI is InChI=1S/C71H55N3/c1-4-27-51(28-5-2)65-62(52-31-14-7-15-32-52)64(63(53-33-16-8-17-34-53)66(54-35-18-9-19-36-54)67(65)71(3)45-22-11-23-46-71)59-42-24-40-57(47-59)58-41-26-44-61(49-58)70-73-68(55-37-20-10-21-38-55)72-69(74-70)60-43-25-39-56(48-60)50-29-12-6-13-30-50/h4-45,47-49H,1,46H2,2-3H3/b28-5-,51-27+. The molecule has 1 aromatic heterocycles. The minimum Gasteiger partial charge on any atom is -0.208 e. The van der Waals surface area contributed by atoms with Crippen LogP contribution in [0.1, 0.15) is 31.4 Å². The van der Waals surface area contributed by atoms with E-state index in [9.17, 15) is 0 Å². The van der Waals surface area contributed by atoms with Gasteiger partial charge in [-0.1, -0.05) is 268 Å². The molecule has 1 aliphatic rings. The Morgan fingerprint density at radius 1 is 0.419 bits per heavy atom. The Kier molecular flexibility index (Phi) is 13.5. The third-order valence-corrected chi connectivity index (χ3v) is 13.9. The number of rotatable bonds is 13. The van der Waals surface area contributed by atoms with Gasteiger partial charge < -0.3 is 0 Å². The Hall–Kier alpha value is -9.31. The Bertz CT molecular complexity index is 3760. The average Bonchev–Trinajstić information content (AvgIpc) is 3.48. The van der Waals surface area contributed by atoms with Crippen LogP contribution in [0.2, 0.25) is 0 Å². The minimum atomic E-state index is -0.370. The highest BCUT2D eigenvalue weighted by Crippen LogP contribution is 2.56. The first-order valence-corrected chi connectivity index (χ1v) is 25.4. The number of aromatic nitrogens is 3. The topological polar surface area (TPSA) is 38.7 Å². The van der Waals surface area contributed by atoms with Crippen LogP contribution >= 0.6 is 0 Å². The van der Waals surface area contributed by atoms with Gasteiger partial charge in [0.15, 0.2) is 17.5 Å². The number of hydrogen-bond acceptors (Lipinski definition) is 3. The van der Waals surface area contributed by atoms with E-state index in [1.807, 2.05) is 30.3 Å². The number of hydrogen-bond donors (Lipinski definition) is 0. The molecule has 0 saturated carbocycles. The lowest BCUT2D eigenvalue weighted by molar-refractivity contribution is 0.600. The first-order valence-electron chi connectivity index (χ1n) is 25.4. The SMILES string of the molecule is C=C/C=C(\C=C/C)c1c(-c2ccccc2)c(-c2cccc(-c3cccc(-c4nc(-c5ccccc5)nc(-c5cccc(-c6ccccc6)c5)n4)c3)c2)c(-c2ccccc2)c(-c2ccccc2)c1C1(C)C=CC=CC1. The average molecular weight is 950 g/mol. The molecule has 1 unspecified atom stereocenters. The van der Waals surface area contributed by atoms with Crippen LogP contribution < -0.4 is 0 Å². The second kappa shape index (κ2) is 21.2. The molecule has 74 heavy (non-hydrogen) atoms. The van der Waals surface area contributed by atoms with Crippen molar-refractivity contribution in [1.82, 2.24) is 15.0 Å². The largest absolute Gasteiger partial charge is 0.208 e. The van der Waals surface area contributed by atoms with E-state index in [2.05, 4.69) is 263 Å². The maximum atomic E-state index is 5.22. The molecule has 1 aliphatic carbocycles. The Labute approximate surface area is 435 Å². The van der Waals surface area contributed by atoms with Gasteiger partial charge in [0.1, 0.15) is 0 Å². The molecule has 0 saturated heterocycles. The zero-order valence-electron chi connectivity index (χ0n) is 41.7. The predicted molar refractivity (Wildman–Crippen MR) is 312 cm³/mol. The van der Waals surface area contributed by atoms with E-state index < -0.39 is 0 Å². The van der Waals surface area contributed by atoms with E-state index in [-0.39, 0.29) is 5.41 Å². The van der Waals surface area contributed by atoms with Crippen molar-refractivity contribution in [1.29, 1.82) is 0 Å². The lowest BCUT2D eigenvalue weighted by Gasteiger charge is -2.37. The van der Waals surface area contributed by atoms with Crippen LogP contribution in [0.5, 0.6) is 0 Å². The molecule has 0 radical (unpaired) electrons. The summed E-state index contributed by atoms with van der Waals surface area (Å²) < 4.78 is 0. The van der Waals surface area contributed by atoms with E-state index in [4.69, 9.17) is 15.0 Å². The van der Waals surface area contributed by atoms with Crippen molar-refractivity contribution in [2.45, 2.75) is 25.7 Å². The van der Waals surface area contributed by atoms with E-state index >= 15 is 0 Å². The van der Waals surface area contributed by atoms with E-state index in [0.29, 0.717) is 17.5 Å². The number of benzene rings is 9. The van der Waals surface area contributed by atoms with Gasteiger partial charge >= 0.3 is 0 Å². The molecule has 1 atom stereocenters. The van der Waals surface area contributed by atoms with Crippen molar-refractivity contribution >= 4 is 5.57 Å². The van der Waals surface area contributed by atoms with E-state index in [0.717, 1.165) is 78.8 Å². The molecule has 11 rings (SSSR count). The summed E-state index contributed by atoms with van der Waals surface area (Å²) in [7, 11) is 0. The van der Waals surface area contributed by atoms with Gasteiger partial charge in [-0.2, -0.15) is 0 Å². The zero-order chi connectivity index (χ0) is 50.3. The maximum Gasteiger partial charge on any atom is 0.164 e. The molecular weight excluding hydrogens is 895 g/mol. The normalized spacial score (nSPS) is 14.3.